The third kappa shape index (κ3) is 3.68. The average Bonchev–Trinajstić information content (AvgIpc) is 2.84. The Balaban J connectivity index is 1.73. The van der Waals surface area contributed by atoms with Gasteiger partial charge in [-0.25, -0.2) is 4.39 Å². The minimum atomic E-state index is -0.636. The molecule has 23 heavy (non-hydrogen) atoms. The number of alkyl halides is 1. The van der Waals surface area contributed by atoms with Crippen LogP contribution in [0.15, 0.2) is 6.07 Å². The number of aromatic nitrogens is 1. The molecule has 128 valence electrons. The Hall–Kier alpha value is -1.16. The Bertz CT molecular complexity index is 552. The lowest BCUT2D eigenvalue weighted by Crippen LogP contribution is -2.34. The van der Waals surface area contributed by atoms with Gasteiger partial charge >= 0.3 is 0 Å². The highest BCUT2D eigenvalue weighted by molar-refractivity contribution is 5.99. The summed E-state index contributed by atoms with van der Waals surface area (Å²) in [5.41, 5.74) is 3.09. The van der Waals surface area contributed by atoms with Crippen molar-refractivity contribution in [1.82, 2.24) is 9.47 Å². The predicted molar refractivity (Wildman–Crippen MR) is 90.9 cm³/mol. The molecule has 2 heterocycles. The SMILES string of the molecule is Cc1cc(C(=O)CN2CCCCC2)c(C)n1C1CCC(F)CC1. The Labute approximate surface area is 138 Å². The summed E-state index contributed by atoms with van der Waals surface area (Å²) in [6.45, 7) is 6.77. The zero-order valence-corrected chi connectivity index (χ0v) is 14.5. The molecule has 3 nitrogen and oxygen atoms in total. The molecule has 0 N–H and O–H groups in total. The summed E-state index contributed by atoms with van der Waals surface area (Å²) in [6.07, 6.45) is 6.14. The molecule has 2 aliphatic rings. The first kappa shape index (κ1) is 16.7. The first-order valence-electron chi connectivity index (χ1n) is 9.14. The Kier molecular flexibility index (Phi) is 5.20. The first-order chi connectivity index (χ1) is 11.1. The zero-order chi connectivity index (χ0) is 16.4. The summed E-state index contributed by atoms with van der Waals surface area (Å²) in [4.78, 5) is 15.0. The second-order valence-corrected chi connectivity index (χ2v) is 7.32. The van der Waals surface area contributed by atoms with Gasteiger partial charge in [-0.15, -0.1) is 0 Å². The normalized spacial score (nSPS) is 26.4. The zero-order valence-electron chi connectivity index (χ0n) is 14.5. The van der Waals surface area contributed by atoms with Gasteiger partial charge in [0.1, 0.15) is 6.17 Å². The molecular formula is C19H29FN2O. The molecule has 4 heteroatoms. The number of carbonyl (C=O) groups excluding carboxylic acids is 1. The lowest BCUT2D eigenvalue weighted by atomic mass is 9.93. The van der Waals surface area contributed by atoms with Gasteiger partial charge < -0.3 is 4.57 Å². The fourth-order valence-corrected chi connectivity index (χ4v) is 4.32. The van der Waals surface area contributed by atoms with Crippen molar-refractivity contribution in [3.63, 3.8) is 0 Å². The molecule has 1 saturated carbocycles. The third-order valence-electron chi connectivity index (χ3n) is 5.59. The monoisotopic (exact) mass is 320 g/mol. The lowest BCUT2D eigenvalue weighted by Gasteiger charge is -2.28. The summed E-state index contributed by atoms with van der Waals surface area (Å²) in [5, 5.41) is 0. The van der Waals surface area contributed by atoms with E-state index < -0.39 is 6.17 Å². The first-order valence-corrected chi connectivity index (χ1v) is 9.14. The number of aryl methyl sites for hydroxylation is 1. The highest BCUT2D eigenvalue weighted by Crippen LogP contribution is 2.33. The molecule has 1 saturated heterocycles. The maximum atomic E-state index is 13.4. The van der Waals surface area contributed by atoms with Crippen LogP contribution in [0.25, 0.3) is 0 Å². The van der Waals surface area contributed by atoms with Crippen molar-refractivity contribution in [2.75, 3.05) is 19.6 Å². The molecule has 0 amide bonds. The molecule has 3 rings (SSSR count). The van der Waals surface area contributed by atoms with Gasteiger partial charge in [0.15, 0.2) is 5.78 Å². The number of rotatable bonds is 4. The summed E-state index contributed by atoms with van der Waals surface area (Å²) >= 11 is 0. The van der Waals surface area contributed by atoms with Crippen molar-refractivity contribution in [2.24, 2.45) is 0 Å². The molecule has 2 fully saturated rings. The van der Waals surface area contributed by atoms with Crippen LogP contribution in [0.3, 0.4) is 0 Å². The van der Waals surface area contributed by atoms with Gasteiger partial charge in [0.25, 0.3) is 0 Å². The van der Waals surface area contributed by atoms with Crippen LogP contribution in [-0.2, 0) is 0 Å². The summed E-state index contributed by atoms with van der Waals surface area (Å²) in [7, 11) is 0. The van der Waals surface area contributed by atoms with Crippen molar-refractivity contribution >= 4 is 5.78 Å². The van der Waals surface area contributed by atoms with Crippen LogP contribution in [-0.4, -0.2) is 41.1 Å². The number of piperidine rings is 1. The van der Waals surface area contributed by atoms with Crippen LogP contribution in [0, 0.1) is 13.8 Å². The van der Waals surface area contributed by atoms with Gasteiger partial charge in [-0.2, -0.15) is 0 Å². The van der Waals surface area contributed by atoms with Gasteiger partial charge in [0.2, 0.25) is 0 Å². The quantitative estimate of drug-likeness (QED) is 0.776. The standard InChI is InChI=1S/C19H29FN2O/c1-14-12-18(19(23)13-21-10-4-3-5-11-21)15(2)22(14)17-8-6-16(20)7-9-17/h12,16-17H,3-11,13H2,1-2H3. The fourth-order valence-electron chi connectivity index (χ4n) is 4.32. The predicted octanol–water partition coefficient (Wildman–Crippen LogP) is 4.23. The molecule has 1 aromatic rings. The van der Waals surface area contributed by atoms with Gasteiger partial charge in [0.05, 0.1) is 6.54 Å². The molecule has 1 aliphatic carbocycles. The number of Topliss-reactive ketones (excluding diaryl/α,β-unsaturated/α-hetero) is 1. The molecule has 1 aromatic heterocycles. The number of halogens is 1. The molecule has 1 aliphatic heterocycles. The molecular weight excluding hydrogens is 291 g/mol. The second-order valence-electron chi connectivity index (χ2n) is 7.32. The fraction of sp³-hybridized carbons (Fsp3) is 0.737. The van der Waals surface area contributed by atoms with Crippen molar-refractivity contribution in [3.05, 3.63) is 23.0 Å². The van der Waals surface area contributed by atoms with Crippen LogP contribution in [0.5, 0.6) is 0 Å². The van der Waals surface area contributed by atoms with Crippen LogP contribution in [0.2, 0.25) is 0 Å². The molecule has 0 bridgehead atoms. The molecule has 0 atom stereocenters. The van der Waals surface area contributed by atoms with Gasteiger partial charge in [-0.3, -0.25) is 9.69 Å². The van der Waals surface area contributed by atoms with Gasteiger partial charge in [0, 0.05) is 23.0 Å². The van der Waals surface area contributed by atoms with E-state index in [1.165, 1.54) is 19.3 Å². The largest absolute Gasteiger partial charge is 0.345 e. The second kappa shape index (κ2) is 7.16. The van der Waals surface area contributed by atoms with Crippen LogP contribution >= 0.6 is 0 Å². The van der Waals surface area contributed by atoms with E-state index in [0.29, 0.717) is 25.4 Å². The van der Waals surface area contributed by atoms with Crippen LogP contribution < -0.4 is 0 Å². The number of nitrogens with zero attached hydrogens (tertiary/aromatic N) is 2. The van der Waals surface area contributed by atoms with E-state index in [0.717, 1.165) is 42.9 Å². The molecule has 0 radical (unpaired) electrons. The van der Waals surface area contributed by atoms with E-state index >= 15 is 0 Å². The number of hydrogen-bond donors (Lipinski definition) is 0. The minimum absolute atomic E-state index is 0.241. The highest BCUT2D eigenvalue weighted by Gasteiger charge is 2.26. The lowest BCUT2D eigenvalue weighted by molar-refractivity contribution is 0.0914. The van der Waals surface area contributed by atoms with Gasteiger partial charge in [-0.1, -0.05) is 6.42 Å². The third-order valence-corrected chi connectivity index (χ3v) is 5.59. The maximum Gasteiger partial charge on any atom is 0.178 e. The molecule has 0 aromatic carbocycles. The van der Waals surface area contributed by atoms with Crippen molar-refractivity contribution in [2.45, 2.75) is 71.0 Å². The Morgan fingerprint density at radius 1 is 1.13 bits per heavy atom. The summed E-state index contributed by atoms with van der Waals surface area (Å²) in [5.74, 6) is 0.241. The van der Waals surface area contributed by atoms with Crippen molar-refractivity contribution in [3.8, 4) is 0 Å². The molecule has 0 unspecified atom stereocenters. The number of ketones is 1. The topological polar surface area (TPSA) is 25.2 Å². The average molecular weight is 320 g/mol. The van der Waals surface area contributed by atoms with Crippen molar-refractivity contribution < 1.29 is 9.18 Å². The Morgan fingerprint density at radius 2 is 1.78 bits per heavy atom. The minimum Gasteiger partial charge on any atom is -0.345 e. The summed E-state index contributed by atoms with van der Waals surface area (Å²) in [6, 6.07) is 2.40. The summed E-state index contributed by atoms with van der Waals surface area (Å²) < 4.78 is 15.7. The Morgan fingerprint density at radius 3 is 2.43 bits per heavy atom. The van der Waals surface area contributed by atoms with E-state index in [4.69, 9.17) is 0 Å². The maximum absolute atomic E-state index is 13.4. The van der Waals surface area contributed by atoms with Crippen molar-refractivity contribution in [1.29, 1.82) is 0 Å². The number of likely N-dealkylation sites (tertiary alicyclic amines) is 1. The van der Waals surface area contributed by atoms with E-state index in [9.17, 15) is 9.18 Å². The van der Waals surface area contributed by atoms with Crippen LogP contribution in [0.1, 0.15) is 72.7 Å². The van der Waals surface area contributed by atoms with Gasteiger partial charge in [-0.05, 0) is 71.5 Å². The highest BCUT2D eigenvalue weighted by atomic mass is 19.1. The molecule has 0 spiro atoms. The van der Waals surface area contributed by atoms with E-state index in [1.54, 1.807) is 0 Å². The number of carbonyl (C=O) groups is 1. The van der Waals surface area contributed by atoms with E-state index in [2.05, 4.69) is 23.3 Å². The van der Waals surface area contributed by atoms with Crippen LogP contribution in [0.4, 0.5) is 4.39 Å². The van der Waals surface area contributed by atoms with E-state index in [-0.39, 0.29) is 5.78 Å². The van der Waals surface area contributed by atoms with E-state index in [1.807, 2.05) is 6.07 Å². The smallest absolute Gasteiger partial charge is 0.178 e. The number of hydrogen-bond acceptors (Lipinski definition) is 2.